The first kappa shape index (κ1) is 11.6. The van der Waals surface area contributed by atoms with Crippen LogP contribution in [0, 0.1) is 10.1 Å². The third-order valence-electron chi connectivity index (χ3n) is 2.50. The summed E-state index contributed by atoms with van der Waals surface area (Å²) in [5, 5.41) is 11.0. The van der Waals surface area contributed by atoms with E-state index < -0.39 is 0 Å². The number of nitro benzene ring substituents is 1. The topological polar surface area (TPSA) is 43.1 Å². The van der Waals surface area contributed by atoms with Crippen molar-refractivity contribution in [3.63, 3.8) is 0 Å². The fraction of sp³-hybridized carbons (Fsp3) is 0.0769. The predicted octanol–water partition coefficient (Wildman–Crippen LogP) is 4.00. The molecule has 0 saturated carbocycles. The van der Waals surface area contributed by atoms with Crippen LogP contribution in [-0.2, 0) is 5.88 Å². The first-order chi connectivity index (χ1) is 8.22. The van der Waals surface area contributed by atoms with Gasteiger partial charge in [0.15, 0.2) is 0 Å². The summed E-state index contributed by atoms with van der Waals surface area (Å²) in [5.74, 6) is 0.274. The summed E-state index contributed by atoms with van der Waals surface area (Å²) in [6.07, 6.45) is 0. The summed E-state index contributed by atoms with van der Waals surface area (Å²) in [4.78, 5) is 10.6. The van der Waals surface area contributed by atoms with Crippen LogP contribution in [0.4, 0.5) is 5.69 Å². The second-order valence-electron chi connectivity index (χ2n) is 3.61. The van der Waals surface area contributed by atoms with Gasteiger partial charge in [0.25, 0.3) is 5.69 Å². The van der Waals surface area contributed by atoms with Gasteiger partial charge >= 0.3 is 0 Å². The molecule has 0 amide bonds. The summed E-state index contributed by atoms with van der Waals surface area (Å²) in [6, 6.07) is 14.4. The van der Waals surface area contributed by atoms with Crippen molar-refractivity contribution in [3.05, 3.63) is 64.2 Å². The molecular formula is C13H10ClNO2. The van der Waals surface area contributed by atoms with Crippen molar-refractivity contribution in [2.24, 2.45) is 0 Å². The second kappa shape index (κ2) is 4.97. The smallest absolute Gasteiger partial charge is 0.258 e. The lowest BCUT2D eigenvalue weighted by Gasteiger charge is -2.04. The molecule has 3 nitrogen and oxygen atoms in total. The largest absolute Gasteiger partial charge is 0.277 e. The molecule has 0 heterocycles. The van der Waals surface area contributed by atoms with Gasteiger partial charge in [-0.1, -0.05) is 36.4 Å². The summed E-state index contributed by atoms with van der Waals surface area (Å²) in [7, 11) is 0. The molecule has 0 unspecified atom stereocenters. The first-order valence-corrected chi connectivity index (χ1v) is 5.64. The maximum atomic E-state index is 11.0. The van der Waals surface area contributed by atoms with Gasteiger partial charge in [0, 0.05) is 11.9 Å². The zero-order valence-electron chi connectivity index (χ0n) is 8.97. The number of rotatable bonds is 3. The molecule has 86 valence electrons. The minimum atomic E-state index is -0.377. The summed E-state index contributed by atoms with van der Waals surface area (Å²) < 4.78 is 0. The van der Waals surface area contributed by atoms with Gasteiger partial charge in [0.2, 0.25) is 0 Å². The van der Waals surface area contributed by atoms with Crippen LogP contribution < -0.4 is 0 Å². The van der Waals surface area contributed by atoms with Crippen LogP contribution in [0.1, 0.15) is 5.56 Å². The van der Waals surface area contributed by atoms with Gasteiger partial charge in [-0.2, -0.15) is 0 Å². The standard InChI is InChI=1S/C13H10ClNO2/c14-9-10-6-7-12(13(8-10)15(16)17)11-4-2-1-3-5-11/h1-8H,9H2. The van der Waals surface area contributed by atoms with Gasteiger partial charge in [0.1, 0.15) is 0 Å². The van der Waals surface area contributed by atoms with E-state index >= 15 is 0 Å². The van der Waals surface area contributed by atoms with E-state index in [1.165, 1.54) is 6.07 Å². The molecule has 4 heteroatoms. The molecule has 0 radical (unpaired) electrons. The van der Waals surface area contributed by atoms with E-state index in [1.807, 2.05) is 36.4 Å². The van der Waals surface area contributed by atoms with E-state index in [0.29, 0.717) is 5.56 Å². The Morgan fingerprint density at radius 3 is 2.41 bits per heavy atom. The van der Waals surface area contributed by atoms with Gasteiger partial charge in [-0.05, 0) is 17.2 Å². The van der Waals surface area contributed by atoms with E-state index in [9.17, 15) is 10.1 Å². The van der Waals surface area contributed by atoms with Crippen LogP contribution in [0.3, 0.4) is 0 Å². The third-order valence-corrected chi connectivity index (χ3v) is 2.81. The molecule has 2 aromatic rings. The van der Waals surface area contributed by atoms with E-state index in [4.69, 9.17) is 11.6 Å². The minimum Gasteiger partial charge on any atom is -0.258 e. The lowest BCUT2D eigenvalue weighted by atomic mass is 10.0. The van der Waals surface area contributed by atoms with Crippen molar-refractivity contribution in [1.82, 2.24) is 0 Å². The van der Waals surface area contributed by atoms with Gasteiger partial charge in [0.05, 0.1) is 10.5 Å². The fourth-order valence-corrected chi connectivity index (χ4v) is 1.84. The molecular weight excluding hydrogens is 238 g/mol. The average molecular weight is 248 g/mol. The second-order valence-corrected chi connectivity index (χ2v) is 3.88. The third kappa shape index (κ3) is 2.45. The Bertz CT molecular complexity index is 540. The van der Waals surface area contributed by atoms with Crippen LogP contribution >= 0.6 is 11.6 Å². The van der Waals surface area contributed by atoms with Crippen molar-refractivity contribution in [2.45, 2.75) is 5.88 Å². The monoisotopic (exact) mass is 247 g/mol. The van der Waals surface area contributed by atoms with Gasteiger partial charge in [-0.3, -0.25) is 10.1 Å². The SMILES string of the molecule is O=[N+]([O-])c1cc(CCl)ccc1-c1ccccc1. The summed E-state index contributed by atoms with van der Waals surface area (Å²) in [5.41, 5.74) is 2.29. The van der Waals surface area contributed by atoms with Crippen molar-refractivity contribution in [2.75, 3.05) is 0 Å². The van der Waals surface area contributed by atoms with Gasteiger partial charge in [-0.25, -0.2) is 0 Å². The quantitative estimate of drug-likeness (QED) is 0.467. The molecule has 2 rings (SSSR count). The number of nitro groups is 1. The molecule has 0 N–H and O–H groups in total. The summed E-state index contributed by atoms with van der Waals surface area (Å²) >= 11 is 5.68. The highest BCUT2D eigenvalue weighted by atomic mass is 35.5. The molecule has 0 fully saturated rings. The van der Waals surface area contributed by atoms with E-state index in [1.54, 1.807) is 6.07 Å². The number of hydrogen-bond acceptors (Lipinski definition) is 2. The first-order valence-electron chi connectivity index (χ1n) is 5.11. The Balaban J connectivity index is 2.58. The molecule has 0 saturated heterocycles. The number of benzene rings is 2. The highest BCUT2D eigenvalue weighted by Gasteiger charge is 2.15. The Hall–Kier alpha value is -1.87. The average Bonchev–Trinajstić information content (AvgIpc) is 2.39. The molecule has 0 atom stereocenters. The van der Waals surface area contributed by atoms with Crippen molar-refractivity contribution < 1.29 is 4.92 Å². The molecule has 2 aromatic carbocycles. The van der Waals surface area contributed by atoms with Crippen LogP contribution in [-0.4, -0.2) is 4.92 Å². The molecule has 0 spiro atoms. The van der Waals surface area contributed by atoms with Gasteiger partial charge in [-0.15, -0.1) is 11.6 Å². The van der Waals surface area contributed by atoms with Crippen LogP contribution in [0.5, 0.6) is 0 Å². The zero-order valence-corrected chi connectivity index (χ0v) is 9.72. The fourth-order valence-electron chi connectivity index (χ4n) is 1.67. The number of nitrogens with zero attached hydrogens (tertiary/aromatic N) is 1. The highest BCUT2D eigenvalue weighted by molar-refractivity contribution is 6.17. The number of hydrogen-bond donors (Lipinski definition) is 0. The van der Waals surface area contributed by atoms with Crippen LogP contribution in [0.25, 0.3) is 11.1 Å². The Morgan fingerprint density at radius 1 is 1.12 bits per heavy atom. The zero-order chi connectivity index (χ0) is 12.3. The maximum Gasteiger partial charge on any atom is 0.277 e. The summed E-state index contributed by atoms with van der Waals surface area (Å²) in [6.45, 7) is 0. The molecule has 17 heavy (non-hydrogen) atoms. The highest BCUT2D eigenvalue weighted by Crippen LogP contribution is 2.30. The Morgan fingerprint density at radius 2 is 1.82 bits per heavy atom. The van der Waals surface area contributed by atoms with Crippen molar-refractivity contribution in [1.29, 1.82) is 0 Å². The van der Waals surface area contributed by atoms with Crippen molar-refractivity contribution in [3.8, 4) is 11.1 Å². The number of halogens is 1. The van der Waals surface area contributed by atoms with E-state index in [0.717, 1.165) is 11.1 Å². The molecule has 0 aliphatic heterocycles. The van der Waals surface area contributed by atoms with Gasteiger partial charge < -0.3 is 0 Å². The number of alkyl halides is 1. The Labute approximate surface area is 104 Å². The van der Waals surface area contributed by atoms with Crippen LogP contribution in [0.15, 0.2) is 48.5 Å². The molecule has 0 aromatic heterocycles. The van der Waals surface area contributed by atoms with E-state index in [-0.39, 0.29) is 16.5 Å². The molecule has 0 aliphatic rings. The lowest BCUT2D eigenvalue weighted by Crippen LogP contribution is -1.93. The normalized spacial score (nSPS) is 10.2. The van der Waals surface area contributed by atoms with Crippen molar-refractivity contribution >= 4 is 17.3 Å². The molecule has 0 bridgehead atoms. The Kier molecular flexibility index (Phi) is 3.40. The van der Waals surface area contributed by atoms with E-state index in [2.05, 4.69) is 0 Å². The minimum absolute atomic E-state index is 0.0920. The maximum absolute atomic E-state index is 11.0. The molecule has 0 aliphatic carbocycles. The lowest BCUT2D eigenvalue weighted by molar-refractivity contribution is -0.384. The predicted molar refractivity (Wildman–Crippen MR) is 68.1 cm³/mol. The van der Waals surface area contributed by atoms with Crippen LogP contribution in [0.2, 0.25) is 0 Å².